The molecule has 1 aliphatic rings. The van der Waals surface area contributed by atoms with Gasteiger partial charge in [0.2, 0.25) is 0 Å². The highest BCUT2D eigenvalue weighted by Gasteiger charge is 2.27. The zero-order chi connectivity index (χ0) is 15.7. The van der Waals surface area contributed by atoms with Crippen molar-refractivity contribution in [1.82, 2.24) is 10.3 Å². The maximum atomic E-state index is 9.76. The second-order valence-electron chi connectivity index (χ2n) is 6.25. The van der Waals surface area contributed by atoms with Crippen molar-refractivity contribution in [2.45, 2.75) is 45.2 Å². The van der Waals surface area contributed by atoms with Crippen LogP contribution in [0.4, 0.5) is 5.69 Å². The first kappa shape index (κ1) is 15.3. The van der Waals surface area contributed by atoms with Crippen LogP contribution in [0.25, 0.3) is 0 Å². The van der Waals surface area contributed by atoms with Crippen LogP contribution < -0.4 is 10.6 Å². The molecule has 0 radical (unpaired) electrons. The fourth-order valence-electron chi connectivity index (χ4n) is 3.10. The molecule has 3 rings (SSSR count). The fraction of sp³-hybridized carbons (Fsp3) is 0.471. The Balaban J connectivity index is 1.82. The Morgan fingerprint density at radius 1 is 1.45 bits per heavy atom. The summed E-state index contributed by atoms with van der Waals surface area (Å²) in [5, 5.41) is 20.1. The van der Waals surface area contributed by atoms with E-state index in [0.29, 0.717) is 17.7 Å². The topological polar surface area (TPSA) is 57.2 Å². The number of anilines is 1. The molecule has 0 saturated carbocycles. The zero-order valence-corrected chi connectivity index (χ0v) is 14.1. The number of nitrogens with one attached hydrogen (secondary N) is 2. The first-order valence-corrected chi connectivity index (χ1v) is 8.65. The quantitative estimate of drug-likeness (QED) is 0.734. The normalized spacial score (nSPS) is 18.3. The molecule has 1 aromatic carbocycles. The summed E-state index contributed by atoms with van der Waals surface area (Å²) in [6, 6.07) is 6.23. The maximum absolute atomic E-state index is 9.76. The van der Waals surface area contributed by atoms with Gasteiger partial charge in [0.25, 0.3) is 0 Å². The number of hydrogen-bond acceptors (Lipinski definition) is 5. The molecule has 118 valence electrons. The molecule has 1 aliphatic heterocycles. The minimum atomic E-state index is 0.241. The molecule has 22 heavy (non-hydrogen) atoms. The van der Waals surface area contributed by atoms with E-state index in [9.17, 15) is 5.11 Å². The summed E-state index contributed by atoms with van der Waals surface area (Å²) in [5.41, 5.74) is 3.48. The monoisotopic (exact) mass is 317 g/mol. The van der Waals surface area contributed by atoms with Gasteiger partial charge in [-0.3, -0.25) is 0 Å². The molecule has 0 aliphatic carbocycles. The average molecular weight is 317 g/mol. The van der Waals surface area contributed by atoms with Gasteiger partial charge in [-0.25, -0.2) is 4.98 Å². The fourth-order valence-corrected chi connectivity index (χ4v) is 3.77. The van der Waals surface area contributed by atoms with E-state index in [1.165, 1.54) is 5.56 Å². The highest BCUT2D eigenvalue weighted by molar-refractivity contribution is 7.09. The average Bonchev–Trinajstić information content (AvgIpc) is 3.04. The number of benzene rings is 1. The third-order valence-electron chi connectivity index (χ3n) is 4.06. The molecule has 0 spiro atoms. The molecule has 1 unspecified atom stereocenters. The van der Waals surface area contributed by atoms with Crippen LogP contribution in [0, 0.1) is 6.92 Å². The molecule has 2 heterocycles. The summed E-state index contributed by atoms with van der Waals surface area (Å²) in [6.45, 7) is 7.29. The van der Waals surface area contributed by atoms with Crippen molar-refractivity contribution in [2.75, 3.05) is 11.9 Å². The van der Waals surface area contributed by atoms with Crippen molar-refractivity contribution < 1.29 is 5.11 Å². The number of aryl methyl sites for hydroxylation is 1. The number of nitrogens with zero attached hydrogens (tertiary/aromatic N) is 1. The number of rotatable bonds is 5. The van der Waals surface area contributed by atoms with Crippen molar-refractivity contribution >= 4 is 17.0 Å². The number of phenols is 1. The summed E-state index contributed by atoms with van der Waals surface area (Å²) in [5.74, 6) is 0.727. The number of fused-ring (bicyclic) bond motifs is 1. The van der Waals surface area contributed by atoms with Gasteiger partial charge >= 0.3 is 0 Å². The van der Waals surface area contributed by atoms with Crippen molar-refractivity contribution in [3.05, 3.63) is 39.8 Å². The molecule has 3 N–H and O–H groups in total. The maximum Gasteiger partial charge on any atom is 0.116 e. The lowest BCUT2D eigenvalue weighted by molar-refractivity contribution is 0.420. The molecule has 0 bridgehead atoms. The second kappa shape index (κ2) is 6.26. The zero-order valence-electron chi connectivity index (χ0n) is 13.3. The highest BCUT2D eigenvalue weighted by Crippen LogP contribution is 2.39. The third-order valence-corrected chi connectivity index (χ3v) is 4.85. The van der Waals surface area contributed by atoms with Crippen LogP contribution in [0.5, 0.6) is 5.75 Å². The molecular formula is C17H23N3OS. The molecule has 2 atom stereocenters. The van der Waals surface area contributed by atoms with E-state index in [-0.39, 0.29) is 6.04 Å². The summed E-state index contributed by atoms with van der Waals surface area (Å²) in [4.78, 5) is 4.67. The first-order chi connectivity index (χ1) is 10.5. The predicted molar refractivity (Wildman–Crippen MR) is 91.8 cm³/mol. The van der Waals surface area contributed by atoms with Crippen LogP contribution in [0.1, 0.15) is 48.5 Å². The molecule has 0 fully saturated rings. The van der Waals surface area contributed by atoms with Crippen molar-refractivity contribution in [2.24, 2.45) is 0 Å². The van der Waals surface area contributed by atoms with Crippen LogP contribution in [0.15, 0.2) is 23.6 Å². The van der Waals surface area contributed by atoms with Gasteiger partial charge < -0.3 is 15.7 Å². The Kier molecular flexibility index (Phi) is 4.36. The van der Waals surface area contributed by atoms with Gasteiger partial charge in [-0.15, -0.1) is 11.3 Å². The molecule has 0 amide bonds. The molecule has 0 saturated heterocycles. The standard InChI is InChI=1S/C17H23N3OS/c1-10(2)19-16(17-9-22-11(3)20-17)6-12-8-18-15-5-4-13(21)7-14(12)15/h4-5,7,9-10,12,16,18-19,21H,6,8H2,1-3H3/t12?,16-/m0/s1. The lowest BCUT2D eigenvalue weighted by atomic mass is 9.92. The van der Waals surface area contributed by atoms with E-state index in [2.05, 4.69) is 34.8 Å². The Morgan fingerprint density at radius 2 is 2.27 bits per heavy atom. The van der Waals surface area contributed by atoms with Crippen molar-refractivity contribution in [1.29, 1.82) is 0 Å². The number of hydrogen-bond donors (Lipinski definition) is 3. The number of phenolic OH excluding ortho intramolecular Hbond substituents is 1. The molecule has 5 heteroatoms. The summed E-state index contributed by atoms with van der Waals surface area (Å²) in [7, 11) is 0. The van der Waals surface area contributed by atoms with Crippen LogP contribution in [0.2, 0.25) is 0 Å². The van der Waals surface area contributed by atoms with Crippen molar-refractivity contribution in [3.8, 4) is 5.75 Å². The van der Waals surface area contributed by atoms with Crippen LogP contribution in [0.3, 0.4) is 0 Å². The van der Waals surface area contributed by atoms with E-state index in [1.807, 2.05) is 19.1 Å². The molecule has 4 nitrogen and oxygen atoms in total. The van der Waals surface area contributed by atoms with Gasteiger partial charge in [-0.1, -0.05) is 13.8 Å². The van der Waals surface area contributed by atoms with E-state index in [4.69, 9.17) is 0 Å². The SMILES string of the molecule is Cc1nc([C@H](CC2CNc3ccc(O)cc32)NC(C)C)cs1. The van der Waals surface area contributed by atoms with Gasteiger partial charge in [-0.05, 0) is 37.1 Å². The largest absolute Gasteiger partial charge is 0.508 e. The van der Waals surface area contributed by atoms with E-state index >= 15 is 0 Å². The Bertz CT molecular complexity index is 653. The Labute approximate surface area is 135 Å². The van der Waals surface area contributed by atoms with Crippen LogP contribution in [-0.2, 0) is 0 Å². The lowest BCUT2D eigenvalue weighted by Gasteiger charge is -2.23. The Hall–Kier alpha value is -1.59. The first-order valence-electron chi connectivity index (χ1n) is 7.78. The summed E-state index contributed by atoms with van der Waals surface area (Å²) < 4.78 is 0. The highest BCUT2D eigenvalue weighted by atomic mass is 32.1. The number of aromatic nitrogens is 1. The summed E-state index contributed by atoms with van der Waals surface area (Å²) in [6.07, 6.45) is 0.977. The minimum Gasteiger partial charge on any atom is -0.508 e. The van der Waals surface area contributed by atoms with Crippen molar-refractivity contribution in [3.63, 3.8) is 0 Å². The number of thiazole rings is 1. The minimum absolute atomic E-state index is 0.241. The number of aromatic hydroxyl groups is 1. The molecule has 2 aromatic rings. The second-order valence-corrected chi connectivity index (χ2v) is 7.31. The van der Waals surface area contributed by atoms with Gasteiger partial charge in [0.05, 0.1) is 16.7 Å². The van der Waals surface area contributed by atoms with E-state index < -0.39 is 0 Å². The van der Waals surface area contributed by atoms with Gasteiger partial charge in [0.15, 0.2) is 0 Å². The van der Waals surface area contributed by atoms with E-state index in [0.717, 1.165) is 29.4 Å². The molecule has 1 aromatic heterocycles. The third kappa shape index (κ3) is 3.25. The lowest BCUT2D eigenvalue weighted by Crippen LogP contribution is -2.30. The summed E-state index contributed by atoms with van der Waals surface area (Å²) >= 11 is 1.70. The Morgan fingerprint density at radius 3 is 2.95 bits per heavy atom. The van der Waals surface area contributed by atoms with E-state index in [1.54, 1.807) is 17.4 Å². The van der Waals surface area contributed by atoms with Crippen LogP contribution >= 0.6 is 11.3 Å². The smallest absolute Gasteiger partial charge is 0.116 e. The predicted octanol–water partition coefficient (Wildman–Crippen LogP) is 3.80. The molecular weight excluding hydrogens is 294 g/mol. The van der Waals surface area contributed by atoms with Crippen LogP contribution in [-0.4, -0.2) is 22.7 Å². The van der Waals surface area contributed by atoms with Gasteiger partial charge in [0.1, 0.15) is 5.75 Å². The van der Waals surface area contributed by atoms with Gasteiger partial charge in [-0.2, -0.15) is 0 Å². The van der Waals surface area contributed by atoms with Gasteiger partial charge in [0, 0.05) is 29.6 Å².